The molecule has 0 aliphatic heterocycles. The lowest BCUT2D eigenvalue weighted by Crippen LogP contribution is -1.95. The van der Waals surface area contributed by atoms with Gasteiger partial charge in [-0.25, -0.2) is 9.78 Å². The van der Waals surface area contributed by atoms with Gasteiger partial charge in [-0.1, -0.05) is 17.8 Å². The Morgan fingerprint density at radius 1 is 1.61 bits per heavy atom. The fourth-order valence-electron chi connectivity index (χ4n) is 1.67. The van der Waals surface area contributed by atoms with Crippen LogP contribution in [0.2, 0.25) is 0 Å². The van der Waals surface area contributed by atoms with E-state index < -0.39 is 5.97 Å². The summed E-state index contributed by atoms with van der Waals surface area (Å²) in [5, 5.41) is 9.84. The lowest BCUT2D eigenvalue weighted by molar-refractivity contribution is 0.0697. The molecular weight excluding hydrogens is 248 g/mol. The van der Waals surface area contributed by atoms with Crippen LogP contribution in [-0.2, 0) is 7.05 Å². The summed E-state index contributed by atoms with van der Waals surface area (Å²) in [5.41, 5.74) is 1.93. The Hall–Kier alpha value is -1.75. The number of benzene rings is 1. The van der Waals surface area contributed by atoms with Crippen molar-refractivity contribution >= 4 is 28.8 Å². The number of aryl methyl sites for hydroxylation is 1. The third kappa shape index (κ3) is 2.41. The molecule has 0 spiro atoms. The van der Waals surface area contributed by atoms with Crippen molar-refractivity contribution in [2.24, 2.45) is 7.05 Å². The van der Waals surface area contributed by atoms with Crippen molar-refractivity contribution in [2.45, 2.75) is 11.6 Å². The summed E-state index contributed by atoms with van der Waals surface area (Å²) >= 11 is 1.64. The van der Waals surface area contributed by atoms with E-state index in [1.165, 1.54) is 0 Å². The lowest BCUT2D eigenvalue weighted by Gasteiger charge is -2.00. The zero-order valence-corrected chi connectivity index (χ0v) is 10.9. The van der Waals surface area contributed by atoms with Gasteiger partial charge in [0.25, 0.3) is 0 Å². The highest BCUT2D eigenvalue weighted by atomic mass is 32.2. The number of rotatable bonds is 5. The Kier molecular flexibility index (Phi) is 3.72. The Labute approximate surface area is 109 Å². The van der Waals surface area contributed by atoms with E-state index in [2.05, 4.69) is 11.6 Å². The van der Waals surface area contributed by atoms with Gasteiger partial charge in [0.2, 0.25) is 0 Å². The highest BCUT2D eigenvalue weighted by molar-refractivity contribution is 7.99. The van der Waals surface area contributed by atoms with E-state index in [1.54, 1.807) is 30.0 Å². The van der Waals surface area contributed by atoms with Crippen molar-refractivity contribution < 1.29 is 9.90 Å². The maximum absolute atomic E-state index is 10.9. The minimum absolute atomic E-state index is 0.267. The topological polar surface area (TPSA) is 55.1 Å². The Morgan fingerprint density at radius 3 is 3.06 bits per heavy atom. The fraction of sp³-hybridized carbons (Fsp3) is 0.231. The number of allylic oxidation sites excluding steroid dienone is 1. The molecule has 1 aromatic heterocycles. The molecular formula is C13H14N2O2S. The van der Waals surface area contributed by atoms with Crippen LogP contribution in [0.3, 0.4) is 0 Å². The zero-order chi connectivity index (χ0) is 13.1. The van der Waals surface area contributed by atoms with Gasteiger partial charge in [-0.05, 0) is 24.6 Å². The van der Waals surface area contributed by atoms with Gasteiger partial charge in [0.05, 0.1) is 16.6 Å². The van der Waals surface area contributed by atoms with E-state index in [-0.39, 0.29) is 5.56 Å². The standard InChI is InChI=1S/C13H14N2O2S/c1-3-4-7-18-13-14-10-8-9(12(16)17)5-6-11(10)15(13)2/h3,5-6,8H,1,4,7H2,2H3,(H,16,17). The van der Waals surface area contributed by atoms with Crippen molar-refractivity contribution in [1.29, 1.82) is 0 Å². The number of nitrogens with zero attached hydrogens (tertiary/aromatic N) is 2. The molecule has 2 rings (SSSR count). The summed E-state index contributed by atoms with van der Waals surface area (Å²) in [6.45, 7) is 3.68. The summed E-state index contributed by atoms with van der Waals surface area (Å²) < 4.78 is 1.98. The molecule has 94 valence electrons. The maximum Gasteiger partial charge on any atom is 0.335 e. The summed E-state index contributed by atoms with van der Waals surface area (Å²) in [7, 11) is 1.94. The molecule has 1 N–H and O–H groups in total. The summed E-state index contributed by atoms with van der Waals surface area (Å²) in [4.78, 5) is 15.4. The highest BCUT2D eigenvalue weighted by Crippen LogP contribution is 2.24. The lowest BCUT2D eigenvalue weighted by atomic mass is 10.2. The maximum atomic E-state index is 10.9. The molecule has 0 unspecified atom stereocenters. The largest absolute Gasteiger partial charge is 0.478 e. The number of imidazole rings is 1. The van der Waals surface area contributed by atoms with Crippen LogP contribution in [0.25, 0.3) is 11.0 Å². The summed E-state index contributed by atoms with van der Waals surface area (Å²) in [6.07, 6.45) is 2.80. The third-order valence-electron chi connectivity index (χ3n) is 2.64. The average molecular weight is 262 g/mol. The van der Waals surface area contributed by atoms with E-state index in [0.717, 1.165) is 28.4 Å². The van der Waals surface area contributed by atoms with Gasteiger partial charge in [-0.3, -0.25) is 0 Å². The Balaban J connectivity index is 2.36. The quantitative estimate of drug-likeness (QED) is 0.511. The molecule has 0 aliphatic carbocycles. The van der Waals surface area contributed by atoms with Crippen LogP contribution in [-0.4, -0.2) is 26.4 Å². The number of carbonyl (C=O) groups is 1. The van der Waals surface area contributed by atoms with Crippen LogP contribution in [0, 0.1) is 0 Å². The van der Waals surface area contributed by atoms with E-state index in [4.69, 9.17) is 5.11 Å². The van der Waals surface area contributed by atoms with Crippen molar-refractivity contribution in [1.82, 2.24) is 9.55 Å². The number of hydrogen-bond donors (Lipinski definition) is 1. The van der Waals surface area contributed by atoms with Crippen LogP contribution < -0.4 is 0 Å². The first-order chi connectivity index (χ1) is 8.63. The molecule has 18 heavy (non-hydrogen) atoms. The van der Waals surface area contributed by atoms with Crippen LogP contribution in [0.1, 0.15) is 16.8 Å². The molecule has 1 aromatic carbocycles. The Bertz CT molecular complexity index is 604. The molecule has 0 saturated carbocycles. The van der Waals surface area contributed by atoms with Gasteiger partial charge in [-0.15, -0.1) is 6.58 Å². The SMILES string of the molecule is C=CCCSc1nc2cc(C(=O)O)ccc2n1C. The first-order valence-electron chi connectivity index (χ1n) is 5.57. The number of aromatic nitrogens is 2. The van der Waals surface area contributed by atoms with Crippen molar-refractivity contribution in [3.63, 3.8) is 0 Å². The molecule has 4 nitrogen and oxygen atoms in total. The number of aromatic carboxylic acids is 1. The zero-order valence-electron chi connectivity index (χ0n) is 10.1. The fourth-order valence-corrected chi connectivity index (χ4v) is 2.60. The van der Waals surface area contributed by atoms with Crippen molar-refractivity contribution in [3.8, 4) is 0 Å². The molecule has 0 bridgehead atoms. The number of fused-ring (bicyclic) bond motifs is 1. The summed E-state index contributed by atoms with van der Waals surface area (Å²) in [6, 6.07) is 5.00. The first-order valence-corrected chi connectivity index (χ1v) is 6.55. The molecule has 0 fully saturated rings. The molecule has 0 amide bonds. The second kappa shape index (κ2) is 5.27. The minimum Gasteiger partial charge on any atom is -0.478 e. The third-order valence-corrected chi connectivity index (χ3v) is 3.70. The number of carboxylic acid groups (broad SMARTS) is 1. The van der Waals surface area contributed by atoms with Gasteiger partial charge >= 0.3 is 5.97 Å². The molecule has 0 saturated heterocycles. The minimum atomic E-state index is -0.927. The summed E-state index contributed by atoms with van der Waals surface area (Å²) in [5.74, 6) is -0.00433. The van der Waals surface area contributed by atoms with Crippen LogP contribution >= 0.6 is 11.8 Å². The smallest absolute Gasteiger partial charge is 0.335 e. The second-order valence-corrected chi connectivity index (χ2v) is 4.95. The van der Waals surface area contributed by atoms with E-state index in [0.29, 0.717) is 0 Å². The highest BCUT2D eigenvalue weighted by Gasteiger charge is 2.10. The predicted octanol–water partition coefficient (Wildman–Crippen LogP) is 2.94. The second-order valence-electron chi connectivity index (χ2n) is 3.89. The van der Waals surface area contributed by atoms with Crippen molar-refractivity contribution in [3.05, 3.63) is 36.4 Å². The average Bonchev–Trinajstić information content (AvgIpc) is 2.66. The molecule has 2 aromatic rings. The number of hydrogen-bond acceptors (Lipinski definition) is 3. The first kappa shape index (κ1) is 12.7. The van der Waals surface area contributed by atoms with Gasteiger partial charge in [0.15, 0.2) is 5.16 Å². The molecule has 0 atom stereocenters. The molecule has 0 radical (unpaired) electrons. The van der Waals surface area contributed by atoms with Gasteiger partial charge in [-0.2, -0.15) is 0 Å². The van der Waals surface area contributed by atoms with E-state index in [9.17, 15) is 4.79 Å². The number of carboxylic acids is 1. The monoisotopic (exact) mass is 262 g/mol. The van der Waals surface area contributed by atoms with Crippen LogP contribution in [0.5, 0.6) is 0 Å². The molecule has 5 heteroatoms. The Morgan fingerprint density at radius 2 is 2.39 bits per heavy atom. The van der Waals surface area contributed by atoms with Gasteiger partial charge in [0, 0.05) is 12.8 Å². The molecule has 1 heterocycles. The number of thioether (sulfide) groups is 1. The van der Waals surface area contributed by atoms with Gasteiger partial charge in [0.1, 0.15) is 0 Å². The van der Waals surface area contributed by atoms with Crippen LogP contribution in [0.15, 0.2) is 36.0 Å². The van der Waals surface area contributed by atoms with Gasteiger partial charge < -0.3 is 9.67 Å². The predicted molar refractivity (Wildman–Crippen MR) is 73.2 cm³/mol. The van der Waals surface area contributed by atoms with Crippen LogP contribution in [0.4, 0.5) is 0 Å². The molecule has 0 aliphatic rings. The van der Waals surface area contributed by atoms with Crippen molar-refractivity contribution in [2.75, 3.05) is 5.75 Å². The van der Waals surface area contributed by atoms with E-state index in [1.807, 2.05) is 17.7 Å². The van der Waals surface area contributed by atoms with E-state index >= 15 is 0 Å². The normalized spacial score (nSPS) is 10.7.